The van der Waals surface area contributed by atoms with Gasteiger partial charge in [0.1, 0.15) is 5.75 Å². The lowest BCUT2D eigenvalue weighted by atomic mass is 9.51. The highest BCUT2D eigenvalue weighted by Crippen LogP contribution is 2.58. The molecule has 0 spiro atoms. The van der Waals surface area contributed by atoms with Gasteiger partial charge in [-0.2, -0.15) is 0 Å². The van der Waals surface area contributed by atoms with Crippen molar-refractivity contribution in [2.75, 3.05) is 13.7 Å². The van der Waals surface area contributed by atoms with E-state index in [-0.39, 0.29) is 17.6 Å². The van der Waals surface area contributed by atoms with Gasteiger partial charge in [0, 0.05) is 12.6 Å². The monoisotopic (exact) mass is 356 g/mol. The molecule has 5 fully saturated rings. The summed E-state index contributed by atoms with van der Waals surface area (Å²) in [5.41, 5.74) is 0.315. The largest absolute Gasteiger partial charge is 0.497 e. The molecule has 1 aromatic carbocycles. The van der Waals surface area contributed by atoms with Crippen molar-refractivity contribution in [1.82, 2.24) is 10.2 Å². The zero-order chi connectivity index (χ0) is 18.1. The minimum Gasteiger partial charge on any atom is -0.497 e. The molecule has 4 saturated carbocycles. The second kappa shape index (κ2) is 5.38. The number of hydrogen-bond donors (Lipinski definition) is 2. The normalized spacial score (nSPS) is 43.7. The lowest BCUT2D eigenvalue weighted by molar-refractivity contribution is -0.160. The van der Waals surface area contributed by atoms with Gasteiger partial charge in [0.2, 0.25) is 0 Å². The van der Waals surface area contributed by atoms with Crippen LogP contribution in [0.25, 0.3) is 0 Å². The predicted molar refractivity (Wildman–Crippen MR) is 97.9 cm³/mol. The average Bonchev–Trinajstić information content (AvgIpc) is 2.90. The van der Waals surface area contributed by atoms with Crippen molar-refractivity contribution in [3.05, 3.63) is 29.8 Å². The van der Waals surface area contributed by atoms with E-state index in [9.17, 15) is 9.90 Å². The number of nitrogens with zero attached hydrogens (tertiary/aromatic N) is 1. The van der Waals surface area contributed by atoms with Gasteiger partial charge in [-0.1, -0.05) is 12.1 Å². The molecule has 0 aromatic heterocycles. The molecule has 140 valence electrons. The predicted octanol–water partition coefficient (Wildman–Crippen LogP) is 2.88. The van der Waals surface area contributed by atoms with Gasteiger partial charge in [-0.15, -0.1) is 0 Å². The molecule has 2 amide bonds. The number of amides is 2. The first-order chi connectivity index (χ1) is 12.4. The molecular weight excluding hydrogens is 328 g/mol. The minimum atomic E-state index is -0.473. The van der Waals surface area contributed by atoms with E-state index < -0.39 is 5.60 Å². The molecule has 4 aliphatic carbocycles. The van der Waals surface area contributed by atoms with Gasteiger partial charge in [-0.05, 0) is 74.5 Å². The zero-order valence-electron chi connectivity index (χ0n) is 15.6. The van der Waals surface area contributed by atoms with Crippen molar-refractivity contribution in [1.29, 1.82) is 0 Å². The molecule has 1 saturated heterocycles. The maximum Gasteiger partial charge on any atom is 0.318 e. The first-order valence-electron chi connectivity index (χ1n) is 9.86. The summed E-state index contributed by atoms with van der Waals surface area (Å²) in [5, 5.41) is 14.0. The molecule has 1 aliphatic heterocycles. The fourth-order valence-electron chi connectivity index (χ4n) is 6.67. The Hall–Kier alpha value is -1.75. The summed E-state index contributed by atoms with van der Waals surface area (Å²) in [4.78, 5) is 15.0. The van der Waals surface area contributed by atoms with E-state index in [0.29, 0.717) is 24.3 Å². The van der Waals surface area contributed by atoms with Gasteiger partial charge in [0.05, 0.1) is 18.2 Å². The van der Waals surface area contributed by atoms with Crippen LogP contribution in [0, 0.1) is 17.8 Å². The number of aliphatic hydroxyl groups is 1. The fourth-order valence-corrected chi connectivity index (χ4v) is 6.67. The Labute approximate surface area is 154 Å². The lowest BCUT2D eigenvalue weighted by Gasteiger charge is -2.61. The Bertz CT molecular complexity index is 717. The SMILES string of the molecule is COc1ccc(C2(C)CNC(=O)N2C2C3CC4CC2CC(O)(C4)C3)cc1. The van der Waals surface area contributed by atoms with Crippen molar-refractivity contribution in [2.24, 2.45) is 17.8 Å². The molecule has 0 radical (unpaired) electrons. The molecule has 4 bridgehead atoms. The standard InChI is InChI=1S/C21H28N2O3/c1-20(16-3-5-17(26-2)6-4-16)12-22-19(24)23(20)18-14-7-13-8-15(18)11-21(25,9-13)10-14/h3-6,13-15,18,25H,7-12H2,1-2H3,(H,22,24). The second-order valence-corrected chi connectivity index (χ2v) is 9.22. The Morgan fingerprint density at radius 2 is 1.81 bits per heavy atom. The van der Waals surface area contributed by atoms with Gasteiger partial charge in [-0.3, -0.25) is 0 Å². The highest BCUT2D eigenvalue weighted by Gasteiger charge is 2.60. The number of urea groups is 1. The molecule has 3 unspecified atom stereocenters. The summed E-state index contributed by atoms with van der Waals surface area (Å²) < 4.78 is 5.29. The zero-order valence-corrected chi connectivity index (χ0v) is 15.6. The van der Waals surface area contributed by atoms with Crippen LogP contribution in [0.1, 0.15) is 44.6 Å². The number of benzene rings is 1. The number of carbonyl (C=O) groups excluding carboxylic acids is 1. The molecule has 5 heteroatoms. The van der Waals surface area contributed by atoms with Crippen LogP contribution in [0.15, 0.2) is 24.3 Å². The maximum atomic E-state index is 12.9. The van der Waals surface area contributed by atoms with Gasteiger partial charge in [0.25, 0.3) is 0 Å². The van der Waals surface area contributed by atoms with Gasteiger partial charge >= 0.3 is 6.03 Å². The Kier molecular flexibility index (Phi) is 3.40. The second-order valence-electron chi connectivity index (χ2n) is 9.22. The molecular formula is C21H28N2O3. The van der Waals surface area contributed by atoms with Crippen LogP contribution in [0.2, 0.25) is 0 Å². The summed E-state index contributed by atoms with van der Waals surface area (Å²) in [6.45, 7) is 2.80. The summed E-state index contributed by atoms with van der Waals surface area (Å²) in [6.07, 6.45) is 4.99. The Morgan fingerprint density at radius 1 is 1.15 bits per heavy atom. The smallest absolute Gasteiger partial charge is 0.318 e. The maximum absolute atomic E-state index is 12.9. The van der Waals surface area contributed by atoms with E-state index in [1.807, 2.05) is 12.1 Å². The molecule has 1 heterocycles. The van der Waals surface area contributed by atoms with Crippen LogP contribution in [0.5, 0.6) is 5.75 Å². The van der Waals surface area contributed by atoms with E-state index in [1.54, 1.807) is 7.11 Å². The first kappa shape index (κ1) is 16.4. The number of hydrogen-bond acceptors (Lipinski definition) is 3. The third-order valence-electron chi connectivity index (χ3n) is 7.54. The summed E-state index contributed by atoms with van der Waals surface area (Å²) in [5.74, 6) is 2.32. The van der Waals surface area contributed by atoms with Gasteiger partial charge < -0.3 is 20.1 Å². The first-order valence-corrected chi connectivity index (χ1v) is 9.86. The van der Waals surface area contributed by atoms with Crippen molar-refractivity contribution >= 4 is 6.03 Å². The van der Waals surface area contributed by atoms with E-state index in [1.165, 1.54) is 0 Å². The minimum absolute atomic E-state index is 0.0489. The lowest BCUT2D eigenvalue weighted by Crippen LogP contribution is -2.64. The average molecular weight is 356 g/mol. The molecule has 26 heavy (non-hydrogen) atoms. The number of rotatable bonds is 3. The highest BCUT2D eigenvalue weighted by atomic mass is 16.5. The van der Waals surface area contributed by atoms with Crippen molar-refractivity contribution in [3.8, 4) is 5.75 Å². The molecule has 3 atom stereocenters. The van der Waals surface area contributed by atoms with Crippen molar-refractivity contribution in [3.63, 3.8) is 0 Å². The molecule has 5 aliphatic rings. The number of methoxy groups -OCH3 is 1. The number of ether oxygens (including phenoxy) is 1. The van der Waals surface area contributed by atoms with Crippen LogP contribution in [-0.2, 0) is 5.54 Å². The van der Waals surface area contributed by atoms with E-state index >= 15 is 0 Å². The Balaban J connectivity index is 1.51. The Morgan fingerprint density at radius 3 is 2.38 bits per heavy atom. The molecule has 6 rings (SSSR count). The van der Waals surface area contributed by atoms with Crippen LogP contribution in [-0.4, -0.2) is 41.3 Å². The van der Waals surface area contributed by atoms with Crippen LogP contribution in [0.4, 0.5) is 4.79 Å². The van der Waals surface area contributed by atoms with E-state index in [4.69, 9.17) is 4.74 Å². The fraction of sp³-hybridized carbons (Fsp3) is 0.667. The number of carbonyl (C=O) groups is 1. The van der Waals surface area contributed by atoms with Crippen molar-refractivity contribution < 1.29 is 14.6 Å². The molecule has 2 N–H and O–H groups in total. The van der Waals surface area contributed by atoms with Crippen LogP contribution >= 0.6 is 0 Å². The molecule has 5 nitrogen and oxygen atoms in total. The third-order valence-corrected chi connectivity index (χ3v) is 7.54. The van der Waals surface area contributed by atoms with Crippen LogP contribution < -0.4 is 10.1 Å². The third kappa shape index (κ3) is 2.22. The van der Waals surface area contributed by atoms with E-state index in [2.05, 4.69) is 29.3 Å². The number of nitrogens with one attached hydrogen (secondary N) is 1. The summed E-state index contributed by atoms with van der Waals surface area (Å²) in [7, 11) is 1.67. The molecule has 1 aromatic rings. The van der Waals surface area contributed by atoms with E-state index in [0.717, 1.165) is 43.4 Å². The quantitative estimate of drug-likeness (QED) is 0.875. The topological polar surface area (TPSA) is 61.8 Å². The van der Waals surface area contributed by atoms with Crippen molar-refractivity contribution in [2.45, 2.75) is 56.2 Å². The highest BCUT2D eigenvalue weighted by molar-refractivity contribution is 5.79. The van der Waals surface area contributed by atoms with Gasteiger partial charge in [0.15, 0.2) is 0 Å². The van der Waals surface area contributed by atoms with Gasteiger partial charge in [-0.25, -0.2) is 4.79 Å². The summed E-state index contributed by atoms with van der Waals surface area (Å²) >= 11 is 0. The summed E-state index contributed by atoms with van der Waals surface area (Å²) in [6, 6.07) is 8.39. The van der Waals surface area contributed by atoms with Crippen LogP contribution in [0.3, 0.4) is 0 Å².